The third-order valence-corrected chi connectivity index (χ3v) is 6.11. The highest BCUT2D eigenvalue weighted by Crippen LogP contribution is 2.31. The molecule has 3 heterocycles. The summed E-state index contributed by atoms with van der Waals surface area (Å²) in [5, 5.41) is 8.30. The van der Waals surface area contributed by atoms with Crippen LogP contribution in [0.1, 0.15) is 35.1 Å². The minimum Gasteiger partial charge on any atom is -0.355 e. The number of halogens is 3. The summed E-state index contributed by atoms with van der Waals surface area (Å²) in [6, 6.07) is 14.1. The van der Waals surface area contributed by atoms with Crippen LogP contribution in [-0.4, -0.2) is 43.4 Å². The normalized spacial score (nSPS) is 15.2. The highest BCUT2D eigenvalue weighted by atomic mass is 19.4. The zero-order valence-corrected chi connectivity index (χ0v) is 18.1. The van der Waals surface area contributed by atoms with Crippen molar-refractivity contribution < 1.29 is 22.5 Å². The molecule has 4 aromatic rings. The molecule has 1 amide bonds. The first kappa shape index (κ1) is 21.9. The summed E-state index contributed by atoms with van der Waals surface area (Å²) in [5.74, 6) is -0.865. The molecule has 0 atom stereocenters. The highest BCUT2D eigenvalue weighted by Gasteiger charge is 2.39. The molecule has 1 fully saturated rings. The zero-order valence-electron chi connectivity index (χ0n) is 18.1. The fraction of sp³-hybridized carbons (Fsp3) is 0.304. The van der Waals surface area contributed by atoms with Crippen molar-refractivity contribution >= 4 is 16.8 Å². The van der Waals surface area contributed by atoms with Crippen LogP contribution in [0, 0.1) is 0 Å². The van der Waals surface area contributed by atoms with Crippen LogP contribution in [0.4, 0.5) is 13.2 Å². The van der Waals surface area contributed by atoms with Crippen LogP contribution in [0.15, 0.2) is 57.8 Å². The molecule has 0 spiro atoms. The molecule has 2 aromatic carbocycles. The van der Waals surface area contributed by atoms with E-state index in [0.29, 0.717) is 52.7 Å². The number of rotatable bonds is 3. The van der Waals surface area contributed by atoms with Gasteiger partial charge >= 0.3 is 11.9 Å². The minimum atomic E-state index is -4.71. The number of hydrogen-bond donors (Lipinski definition) is 0. The first-order valence-electron chi connectivity index (χ1n) is 10.7. The molecule has 34 heavy (non-hydrogen) atoms. The van der Waals surface area contributed by atoms with Gasteiger partial charge in [-0.3, -0.25) is 9.36 Å². The predicted molar refractivity (Wildman–Crippen MR) is 116 cm³/mol. The second kappa shape index (κ2) is 8.15. The molecule has 0 radical (unpaired) electrons. The molecule has 2 aromatic heterocycles. The Labute approximate surface area is 191 Å². The number of piperidine rings is 1. The average Bonchev–Trinajstić information content (AvgIpc) is 3.40. The standard InChI is InChI=1S/C23H20F3N5O3/c1-29-21(23(24,25)26)27-31(22(29)33)16-9-11-30(12-10-16)20(32)15-7-8-18-17(13-15)19(34-28-18)14-5-3-2-4-6-14/h2-8,13,16H,9-12H2,1H3. The summed E-state index contributed by atoms with van der Waals surface area (Å²) < 4.78 is 46.2. The van der Waals surface area contributed by atoms with E-state index in [4.69, 9.17) is 4.52 Å². The molecule has 1 saturated heterocycles. The molecule has 11 heteroatoms. The lowest BCUT2D eigenvalue weighted by Gasteiger charge is -2.31. The summed E-state index contributed by atoms with van der Waals surface area (Å²) >= 11 is 0. The van der Waals surface area contributed by atoms with Gasteiger partial charge in [0.25, 0.3) is 5.91 Å². The van der Waals surface area contributed by atoms with E-state index >= 15 is 0 Å². The molecule has 5 rings (SSSR count). The van der Waals surface area contributed by atoms with Gasteiger partial charge in [0.05, 0.1) is 11.4 Å². The first-order valence-corrected chi connectivity index (χ1v) is 10.7. The molecule has 0 saturated carbocycles. The van der Waals surface area contributed by atoms with Gasteiger partial charge in [-0.1, -0.05) is 35.5 Å². The Balaban J connectivity index is 1.34. The number of likely N-dealkylation sites (tertiary alicyclic amines) is 1. The number of aromatic nitrogens is 4. The molecule has 0 unspecified atom stereocenters. The smallest absolute Gasteiger partial charge is 0.355 e. The van der Waals surface area contributed by atoms with E-state index in [2.05, 4.69) is 10.3 Å². The van der Waals surface area contributed by atoms with Gasteiger partial charge in [0.1, 0.15) is 5.52 Å². The third kappa shape index (κ3) is 3.76. The van der Waals surface area contributed by atoms with Crippen LogP contribution in [0.3, 0.4) is 0 Å². The number of nitrogens with zero attached hydrogens (tertiary/aromatic N) is 5. The van der Waals surface area contributed by atoms with E-state index in [0.717, 1.165) is 17.3 Å². The Hall–Kier alpha value is -3.89. The third-order valence-electron chi connectivity index (χ3n) is 6.11. The largest absolute Gasteiger partial charge is 0.451 e. The topological polar surface area (TPSA) is 86.2 Å². The second-order valence-electron chi connectivity index (χ2n) is 8.24. The first-order chi connectivity index (χ1) is 16.2. The molecule has 1 aliphatic rings. The molecule has 0 N–H and O–H groups in total. The zero-order chi connectivity index (χ0) is 24.0. The molecule has 0 bridgehead atoms. The van der Waals surface area contributed by atoms with E-state index in [1.165, 1.54) is 0 Å². The summed E-state index contributed by atoms with van der Waals surface area (Å²) in [4.78, 5) is 27.1. The molecular formula is C23H20F3N5O3. The van der Waals surface area contributed by atoms with Gasteiger partial charge in [0, 0.05) is 31.3 Å². The van der Waals surface area contributed by atoms with Crippen LogP contribution in [0.5, 0.6) is 0 Å². The maximum atomic E-state index is 13.2. The molecule has 8 nitrogen and oxygen atoms in total. The lowest BCUT2D eigenvalue weighted by molar-refractivity contribution is -0.147. The summed E-state index contributed by atoms with van der Waals surface area (Å²) in [5.41, 5.74) is 1.11. The van der Waals surface area contributed by atoms with Crippen molar-refractivity contribution in [2.45, 2.75) is 25.1 Å². The Kier molecular flexibility index (Phi) is 5.26. The lowest BCUT2D eigenvalue weighted by Crippen LogP contribution is -2.41. The monoisotopic (exact) mass is 471 g/mol. The number of benzene rings is 2. The summed E-state index contributed by atoms with van der Waals surface area (Å²) in [7, 11) is 1.05. The number of hydrogen-bond acceptors (Lipinski definition) is 5. The average molecular weight is 471 g/mol. The van der Waals surface area contributed by atoms with Gasteiger partial charge in [-0.05, 0) is 31.0 Å². The maximum Gasteiger partial charge on any atom is 0.451 e. The van der Waals surface area contributed by atoms with Crippen LogP contribution in [-0.2, 0) is 13.2 Å². The van der Waals surface area contributed by atoms with E-state index in [1.54, 1.807) is 23.1 Å². The van der Waals surface area contributed by atoms with Crippen LogP contribution in [0.25, 0.3) is 22.2 Å². The lowest BCUT2D eigenvalue weighted by atomic mass is 10.0. The van der Waals surface area contributed by atoms with Gasteiger partial charge in [-0.15, -0.1) is 5.10 Å². The van der Waals surface area contributed by atoms with Crippen LogP contribution in [0.2, 0.25) is 0 Å². The molecular weight excluding hydrogens is 451 g/mol. The van der Waals surface area contributed by atoms with Gasteiger partial charge in [0.2, 0.25) is 5.82 Å². The van der Waals surface area contributed by atoms with E-state index < -0.39 is 23.7 Å². The quantitative estimate of drug-likeness (QED) is 0.453. The van der Waals surface area contributed by atoms with Crippen molar-refractivity contribution in [3.05, 3.63) is 70.4 Å². The highest BCUT2D eigenvalue weighted by molar-refractivity contribution is 6.01. The summed E-state index contributed by atoms with van der Waals surface area (Å²) in [6.45, 7) is 0.585. The van der Waals surface area contributed by atoms with Crippen molar-refractivity contribution in [2.24, 2.45) is 7.05 Å². The predicted octanol–water partition coefficient (Wildman–Crippen LogP) is 3.89. The Morgan fingerprint density at radius 1 is 1.09 bits per heavy atom. The number of carbonyl (C=O) groups is 1. The van der Waals surface area contributed by atoms with Crippen molar-refractivity contribution in [3.8, 4) is 11.3 Å². The Morgan fingerprint density at radius 3 is 2.44 bits per heavy atom. The van der Waals surface area contributed by atoms with Gasteiger partial charge in [0.15, 0.2) is 5.76 Å². The van der Waals surface area contributed by atoms with E-state index in [-0.39, 0.29) is 5.91 Å². The molecule has 0 aliphatic carbocycles. The number of alkyl halides is 3. The maximum absolute atomic E-state index is 13.2. The number of carbonyl (C=O) groups excluding carboxylic acids is 1. The van der Waals surface area contributed by atoms with Gasteiger partial charge < -0.3 is 9.42 Å². The SMILES string of the molecule is Cn1c(C(F)(F)F)nn(C2CCN(C(=O)c3ccc4noc(-c5ccccc5)c4c3)CC2)c1=O. The van der Waals surface area contributed by atoms with Crippen molar-refractivity contribution in [1.29, 1.82) is 0 Å². The van der Waals surface area contributed by atoms with E-state index in [1.807, 2.05) is 30.3 Å². The van der Waals surface area contributed by atoms with E-state index in [9.17, 15) is 22.8 Å². The van der Waals surface area contributed by atoms with Crippen LogP contribution >= 0.6 is 0 Å². The van der Waals surface area contributed by atoms with Crippen molar-refractivity contribution in [3.63, 3.8) is 0 Å². The minimum absolute atomic E-state index is 0.204. The second-order valence-corrected chi connectivity index (χ2v) is 8.24. The van der Waals surface area contributed by atoms with Gasteiger partial charge in [-0.25, -0.2) is 9.48 Å². The fourth-order valence-corrected chi connectivity index (χ4v) is 4.31. The Morgan fingerprint density at radius 2 is 1.79 bits per heavy atom. The molecule has 1 aliphatic heterocycles. The molecule has 176 valence electrons. The summed E-state index contributed by atoms with van der Waals surface area (Å²) in [6.07, 6.45) is -4.06. The fourth-order valence-electron chi connectivity index (χ4n) is 4.31. The number of amides is 1. The van der Waals surface area contributed by atoms with Crippen molar-refractivity contribution in [2.75, 3.05) is 13.1 Å². The Bertz CT molecular complexity index is 1410. The van der Waals surface area contributed by atoms with Crippen molar-refractivity contribution in [1.82, 2.24) is 24.4 Å². The number of fused-ring (bicyclic) bond motifs is 1. The van der Waals surface area contributed by atoms with Gasteiger partial charge in [-0.2, -0.15) is 13.2 Å². The van der Waals surface area contributed by atoms with Crippen LogP contribution < -0.4 is 5.69 Å².